The number of carbonyl (C=O) groups excluding carboxylic acids is 1. The topological polar surface area (TPSA) is 29.1 Å². The Morgan fingerprint density at radius 3 is 2.56 bits per heavy atom. The van der Waals surface area contributed by atoms with E-state index in [0.717, 1.165) is 29.8 Å². The second kappa shape index (κ2) is 4.46. The molecule has 2 aromatic carbocycles. The molecular weight excluding hydrogens is 246 g/mol. The molecule has 0 bridgehead atoms. The van der Waals surface area contributed by atoms with Gasteiger partial charge in [-0.2, -0.15) is 0 Å². The van der Waals surface area contributed by atoms with Crippen molar-refractivity contribution in [2.45, 2.75) is 12.8 Å². The minimum atomic E-state index is -0.403. The highest BCUT2D eigenvalue weighted by Gasteiger charge is 2.13. The molecule has 0 amide bonds. The first kappa shape index (κ1) is 11.3. The minimum Gasteiger partial charge on any atom is -0.355 e. The summed E-state index contributed by atoms with van der Waals surface area (Å²) in [5.41, 5.74) is 5.19. The molecule has 0 aliphatic carbocycles. The number of carbonyl (C=O) groups is 1. The number of halogens is 1. The van der Waals surface area contributed by atoms with Gasteiger partial charge in [0, 0.05) is 16.9 Å². The van der Waals surface area contributed by atoms with Crippen LogP contribution in [-0.4, -0.2) is 5.24 Å². The van der Waals surface area contributed by atoms with Crippen molar-refractivity contribution in [3.8, 4) is 0 Å². The molecule has 1 aliphatic heterocycles. The SMILES string of the molecule is O=C(Cl)c1ccc2c(c1)CCc1ccccc1N2. The zero-order valence-corrected chi connectivity index (χ0v) is 10.5. The standard InChI is InChI=1S/C15H12ClNO/c16-15(18)12-7-8-14-11(9-12)6-5-10-3-1-2-4-13(10)17-14/h1-4,7-9,17H,5-6H2. The third kappa shape index (κ3) is 2.00. The molecule has 0 atom stereocenters. The van der Waals surface area contributed by atoms with Crippen LogP contribution in [0, 0.1) is 0 Å². The lowest BCUT2D eigenvalue weighted by molar-refractivity contribution is 0.108. The van der Waals surface area contributed by atoms with Crippen molar-refractivity contribution in [1.82, 2.24) is 0 Å². The van der Waals surface area contributed by atoms with Crippen LogP contribution in [0.4, 0.5) is 11.4 Å². The smallest absolute Gasteiger partial charge is 0.252 e. The van der Waals surface area contributed by atoms with Crippen molar-refractivity contribution >= 4 is 28.2 Å². The first-order chi connectivity index (χ1) is 8.74. The molecule has 0 saturated heterocycles. The summed E-state index contributed by atoms with van der Waals surface area (Å²) in [6.07, 6.45) is 1.88. The second-order valence-electron chi connectivity index (χ2n) is 4.43. The summed E-state index contributed by atoms with van der Waals surface area (Å²) in [6, 6.07) is 13.8. The van der Waals surface area contributed by atoms with Gasteiger partial charge in [0.25, 0.3) is 5.24 Å². The lowest BCUT2D eigenvalue weighted by atomic mass is 10.0. The fourth-order valence-corrected chi connectivity index (χ4v) is 2.44. The van der Waals surface area contributed by atoms with Gasteiger partial charge >= 0.3 is 0 Å². The van der Waals surface area contributed by atoms with Gasteiger partial charge < -0.3 is 5.32 Å². The summed E-state index contributed by atoms with van der Waals surface area (Å²) in [7, 11) is 0. The Labute approximate surface area is 111 Å². The summed E-state index contributed by atoms with van der Waals surface area (Å²) in [5.74, 6) is 0. The van der Waals surface area contributed by atoms with E-state index < -0.39 is 5.24 Å². The summed E-state index contributed by atoms with van der Waals surface area (Å²) < 4.78 is 0. The molecule has 2 aromatic rings. The van der Waals surface area contributed by atoms with Gasteiger partial charge in [-0.1, -0.05) is 18.2 Å². The van der Waals surface area contributed by atoms with Gasteiger partial charge in [-0.3, -0.25) is 4.79 Å². The van der Waals surface area contributed by atoms with E-state index in [1.54, 1.807) is 6.07 Å². The molecular formula is C15H12ClNO. The highest BCUT2D eigenvalue weighted by Crippen LogP contribution is 2.30. The van der Waals surface area contributed by atoms with E-state index in [4.69, 9.17) is 11.6 Å². The highest BCUT2D eigenvalue weighted by molar-refractivity contribution is 6.67. The maximum absolute atomic E-state index is 11.2. The van der Waals surface area contributed by atoms with E-state index in [0.29, 0.717) is 5.56 Å². The summed E-state index contributed by atoms with van der Waals surface area (Å²) >= 11 is 5.52. The largest absolute Gasteiger partial charge is 0.355 e. The van der Waals surface area contributed by atoms with E-state index in [9.17, 15) is 4.79 Å². The summed E-state index contributed by atoms with van der Waals surface area (Å²) in [5, 5.41) is 3.01. The van der Waals surface area contributed by atoms with Crippen LogP contribution in [-0.2, 0) is 12.8 Å². The fourth-order valence-electron chi connectivity index (χ4n) is 2.32. The first-order valence-electron chi connectivity index (χ1n) is 5.92. The van der Waals surface area contributed by atoms with E-state index in [-0.39, 0.29) is 0 Å². The van der Waals surface area contributed by atoms with Crippen LogP contribution in [0.1, 0.15) is 21.5 Å². The Hall–Kier alpha value is -1.80. The zero-order valence-electron chi connectivity index (χ0n) is 9.74. The molecule has 1 aliphatic rings. The third-order valence-electron chi connectivity index (χ3n) is 3.28. The molecule has 3 rings (SSSR count). The molecule has 1 N–H and O–H groups in total. The number of aryl methyl sites for hydroxylation is 2. The van der Waals surface area contributed by atoms with E-state index in [1.165, 1.54) is 5.56 Å². The van der Waals surface area contributed by atoms with Crippen molar-refractivity contribution in [3.05, 3.63) is 59.2 Å². The van der Waals surface area contributed by atoms with Gasteiger partial charge in [-0.05, 0) is 59.8 Å². The predicted octanol–water partition coefficient (Wildman–Crippen LogP) is 3.91. The van der Waals surface area contributed by atoms with Crippen LogP contribution in [0.15, 0.2) is 42.5 Å². The van der Waals surface area contributed by atoms with Gasteiger partial charge in [-0.25, -0.2) is 0 Å². The normalized spacial score (nSPS) is 12.9. The monoisotopic (exact) mass is 257 g/mol. The number of fused-ring (bicyclic) bond motifs is 2. The third-order valence-corrected chi connectivity index (χ3v) is 3.50. The van der Waals surface area contributed by atoms with Crippen LogP contribution in [0.25, 0.3) is 0 Å². The molecule has 0 aromatic heterocycles. The number of rotatable bonds is 1. The molecule has 0 saturated carbocycles. The predicted molar refractivity (Wildman–Crippen MR) is 73.8 cm³/mol. The van der Waals surface area contributed by atoms with Crippen molar-refractivity contribution in [1.29, 1.82) is 0 Å². The number of anilines is 2. The van der Waals surface area contributed by atoms with Crippen LogP contribution in [0.5, 0.6) is 0 Å². The average Bonchev–Trinajstić information content (AvgIpc) is 2.56. The molecule has 3 heteroatoms. The quantitative estimate of drug-likeness (QED) is 0.785. The lowest BCUT2D eigenvalue weighted by Gasteiger charge is -2.09. The summed E-state index contributed by atoms with van der Waals surface area (Å²) in [4.78, 5) is 11.2. The zero-order chi connectivity index (χ0) is 12.5. The van der Waals surface area contributed by atoms with Crippen LogP contribution in [0.3, 0.4) is 0 Å². The second-order valence-corrected chi connectivity index (χ2v) is 4.77. The molecule has 0 radical (unpaired) electrons. The van der Waals surface area contributed by atoms with Gasteiger partial charge in [0.15, 0.2) is 0 Å². The van der Waals surface area contributed by atoms with Crippen molar-refractivity contribution in [2.24, 2.45) is 0 Å². The van der Waals surface area contributed by atoms with Gasteiger partial charge in [0.2, 0.25) is 0 Å². The first-order valence-corrected chi connectivity index (χ1v) is 6.29. The molecule has 1 heterocycles. The Kier molecular flexibility index (Phi) is 2.80. The molecule has 0 unspecified atom stereocenters. The Morgan fingerprint density at radius 1 is 1.00 bits per heavy atom. The number of nitrogens with one attached hydrogen (secondary N) is 1. The maximum Gasteiger partial charge on any atom is 0.252 e. The lowest BCUT2D eigenvalue weighted by Crippen LogP contribution is -1.96. The Balaban J connectivity index is 2.04. The maximum atomic E-state index is 11.2. The van der Waals surface area contributed by atoms with Crippen molar-refractivity contribution in [2.75, 3.05) is 5.32 Å². The molecule has 0 spiro atoms. The molecule has 0 fully saturated rings. The fraction of sp³-hybridized carbons (Fsp3) is 0.133. The van der Waals surface area contributed by atoms with Gasteiger partial charge in [0.1, 0.15) is 0 Å². The van der Waals surface area contributed by atoms with E-state index in [1.807, 2.05) is 24.3 Å². The Bertz CT molecular complexity index is 622. The van der Waals surface area contributed by atoms with E-state index in [2.05, 4.69) is 17.4 Å². The minimum absolute atomic E-state index is 0.403. The average molecular weight is 258 g/mol. The van der Waals surface area contributed by atoms with Crippen molar-refractivity contribution in [3.63, 3.8) is 0 Å². The van der Waals surface area contributed by atoms with Gasteiger partial charge in [0.05, 0.1) is 0 Å². The van der Waals surface area contributed by atoms with Crippen LogP contribution >= 0.6 is 11.6 Å². The van der Waals surface area contributed by atoms with Crippen molar-refractivity contribution < 1.29 is 4.79 Å². The number of benzene rings is 2. The number of hydrogen-bond acceptors (Lipinski definition) is 2. The number of para-hydroxylation sites is 1. The highest BCUT2D eigenvalue weighted by atomic mass is 35.5. The molecule has 18 heavy (non-hydrogen) atoms. The summed E-state index contributed by atoms with van der Waals surface area (Å²) in [6.45, 7) is 0. The van der Waals surface area contributed by atoms with Crippen LogP contribution < -0.4 is 5.32 Å². The van der Waals surface area contributed by atoms with Crippen LogP contribution in [0.2, 0.25) is 0 Å². The number of hydrogen-bond donors (Lipinski definition) is 1. The van der Waals surface area contributed by atoms with E-state index >= 15 is 0 Å². The van der Waals surface area contributed by atoms with Gasteiger partial charge in [-0.15, -0.1) is 0 Å². The molecule has 90 valence electrons. The Morgan fingerprint density at radius 2 is 1.72 bits per heavy atom. The molecule has 2 nitrogen and oxygen atoms in total.